The van der Waals surface area contributed by atoms with Crippen LogP contribution in [0.4, 0.5) is 5.69 Å². The van der Waals surface area contributed by atoms with Gasteiger partial charge in [0.2, 0.25) is 5.91 Å². The van der Waals surface area contributed by atoms with Crippen molar-refractivity contribution in [1.82, 2.24) is 4.57 Å². The fourth-order valence-corrected chi connectivity index (χ4v) is 1.67. The van der Waals surface area contributed by atoms with Gasteiger partial charge in [-0.25, -0.2) is 0 Å². The lowest BCUT2D eigenvalue weighted by atomic mass is 10.2. The van der Waals surface area contributed by atoms with E-state index in [1.165, 1.54) is 0 Å². The predicted molar refractivity (Wildman–Crippen MR) is 62.6 cm³/mol. The lowest BCUT2D eigenvalue weighted by molar-refractivity contribution is 0.0941. The number of fused-ring (bicyclic) bond motifs is 1. The quantitative estimate of drug-likeness (QED) is 0.709. The van der Waals surface area contributed by atoms with E-state index in [4.69, 9.17) is 0 Å². The van der Waals surface area contributed by atoms with Crippen molar-refractivity contribution >= 4 is 22.5 Å². The number of anilines is 1. The van der Waals surface area contributed by atoms with Gasteiger partial charge in [-0.15, -0.1) is 0 Å². The predicted octanol–water partition coefficient (Wildman–Crippen LogP) is 2.37. The summed E-state index contributed by atoms with van der Waals surface area (Å²) >= 11 is 0. The Hall–Kier alpha value is -1.77. The zero-order valence-corrected chi connectivity index (χ0v) is 9.19. The van der Waals surface area contributed by atoms with Gasteiger partial charge in [0.15, 0.2) is 0 Å². The third kappa shape index (κ3) is 1.61. The van der Waals surface area contributed by atoms with Crippen LogP contribution in [0.25, 0.3) is 10.9 Å². The molecule has 0 saturated heterocycles. The van der Waals surface area contributed by atoms with Gasteiger partial charge in [0.05, 0.1) is 5.52 Å². The number of benzene rings is 1. The standard InChI is InChI=1S/C12H14N2O/c1-9(15)14-7-6-10-4-5-11(13(2)3)8-12(10)14/h4-8H,1-3H3. The lowest BCUT2D eigenvalue weighted by Gasteiger charge is -2.12. The molecule has 0 amide bonds. The van der Waals surface area contributed by atoms with E-state index in [0.29, 0.717) is 0 Å². The fourth-order valence-electron chi connectivity index (χ4n) is 1.67. The van der Waals surface area contributed by atoms with Gasteiger partial charge < -0.3 is 4.90 Å². The topological polar surface area (TPSA) is 25.2 Å². The van der Waals surface area contributed by atoms with Crippen molar-refractivity contribution in [2.45, 2.75) is 6.92 Å². The molecule has 1 aromatic heterocycles. The van der Waals surface area contributed by atoms with Crippen molar-refractivity contribution < 1.29 is 4.79 Å². The van der Waals surface area contributed by atoms with Crippen molar-refractivity contribution in [1.29, 1.82) is 0 Å². The van der Waals surface area contributed by atoms with Gasteiger partial charge >= 0.3 is 0 Å². The van der Waals surface area contributed by atoms with Gasteiger partial charge in [-0.05, 0) is 18.2 Å². The second-order valence-electron chi connectivity index (χ2n) is 3.84. The van der Waals surface area contributed by atoms with Crippen LogP contribution in [0.1, 0.15) is 11.7 Å². The molecule has 0 N–H and O–H groups in total. The zero-order valence-electron chi connectivity index (χ0n) is 9.19. The highest BCUT2D eigenvalue weighted by Gasteiger charge is 2.05. The van der Waals surface area contributed by atoms with Crippen molar-refractivity contribution in [3.63, 3.8) is 0 Å². The number of aromatic nitrogens is 1. The summed E-state index contributed by atoms with van der Waals surface area (Å²) in [7, 11) is 3.98. The molecule has 78 valence electrons. The number of hydrogen-bond acceptors (Lipinski definition) is 2. The summed E-state index contributed by atoms with van der Waals surface area (Å²) in [5.41, 5.74) is 2.07. The minimum Gasteiger partial charge on any atom is -0.378 e. The monoisotopic (exact) mass is 202 g/mol. The third-order valence-electron chi connectivity index (χ3n) is 2.53. The summed E-state index contributed by atoms with van der Waals surface area (Å²) in [6.45, 7) is 1.57. The Bertz CT molecular complexity index is 511. The van der Waals surface area contributed by atoms with Crippen LogP contribution < -0.4 is 4.90 Å². The molecule has 3 heteroatoms. The molecule has 0 spiro atoms. The highest BCUT2D eigenvalue weighted by molar-refractivity contribution is 5.93. The van der Waals surface area contributed by atoms with Gasteiger partial charge in [-0.3, -0.25) is 9.36 Å². The maximum atomic E-state index is 11.4. The van der Waals surface area contributed by atoms with Crippen LogP contribution in [-0.4, -0.2) is 24.6 Å². The van der Waals surface area contributed by atoms with E-state index in [0.717, 1.165) is 16.6 Å². The summed E-state index contributed by atoms with van der Waals surface area (Å²) in [4.78, 5) is 13.4. The lowest BCUT2D eigenvalue weighted by Crippen LogP contribution is -2.09. The average molecular weight is 202 g/mol. The maximum absolute atomic E-state index is 11.4. The van der Waals surface area contributed by atoms with Crippen LogP contribution in [0.5, 0.6) is 0 Å². The molecular formula is C12H14N2O. The van der Waals surface area contributed by atoms with Crippen LogP contribution in [0.15, 0.2) is 30.5 Å². The van der Waals surface area contributed by atoms with E-state index in [2.05, 4.69) is 0 Å². The van der Waals surface area contributed by atoms with E-state index in [-0.39, 0.29) is 5.91 Å². The summed E-state index contributed by atoms with van der Waals surface area (Å²) < 4.78 is 1.67. The third-order valence-corrected chi connectivity index (χ3v) is 2.53. The Balaban J connectivity index is 2.66. The zero-order chi connectivity index (χ0) is 11.0. The molecule has 2 rings (SSSR count). The van der Waals surface area contributed by atoms with Crippen LogP contribution in [0.2, 0.25) is 0 Å². The molecule has 0 aliphatic rings. The first-order chi connectivity index (χ1) is 7.09. The van der Waals surface area contributed by atoms with E-state index in [1.54, 1.807) is 11.5 Å². The van der Waals surface area contributed by atoms with Gasteiger partial charge in [0.25, 0.3) is 0 Å². The molecule has 15 heavy (non-hydrogen) atoms. The van der Waals surface area contributed by atoms with Gasteiger partial charge in [-0.2, -0.15) is 0 Å². The number of carbonyl (C=O) groups is 1. The number of rotatable bonds is 1. The van der Waals surface area contributed by atoms with E-state index in [1.807, 2.05) is 49.5 Å². The van der Waals surface area contributed by atoms with Gasteiger partial charge in [0, 0.05) is 38.3 Å². The molecule has 0 bridgehead atoms. The normalized spacial score (nSPS) is 10.6. The summed E-state index contributed by atoms with van der Waals surface area (Å²) in [5.74, 6) is 0.0425. The Morgan fingerprint density at radius 1 is 1.27 bits per heavy atom. The minimum atomic E-state index is 0.0425. The smallest absolute Gasteiger partial charge is 0.227 e. The van der Waals surface area contributed by atoms with Gasteiger partial charge in [0.1, 0.15) is 0 Å². The van der Waals surface area contributed by atoms with E-state index >= 15 is 0 Å². The largest absolute Gasteiger partial charge is 0.378 e. The van der Waals surface area contributed by atoms with Crippen molar-refractivity contribution in [2.24, 2.45) is 0 Å². The van der Waals surface area contributed by atoms with Gasteiger partial charge in [-0.1, -0.05) is 6.07 Å². The average Bonchev–Trinajstić information content (AvgIpc) is 2.59. The van der Waals surface area contributed by atoms with Crippen LogP contribution >= 0.6 is 0 Å². The first-order valence-electron chi connectivity index (χ1n) is 4.89. The molecule has 0 aliphatic carbocycles. The molecule has 0 radical (unpaired) electrons. The maximum Gasteiger partial charge on any atom is 0.227 e. The first-order valence-corrected chi connectivity index (χ1v) is 4.89. The summed E-state index contributed by atoms with van der Waals surface area (Å²) in [6, 6.07) is 8.06. The molecule has 0 unspecified atom stereocenters. The molecule has 0 aliphatic heterocycles. The second kappa shape index (κ2) is 3.42. The SMILES string of the molecule is CC(=O)n1ccc2ccc(N(C)C)cc21. The van der Waals surface area contributed by atoms with Crippen LogP contribution in [-0.2, 0) is 0 Å². The van der Waals surface area contributed by atoms with Crippen molar-refractivity contribution in [3.05, 3.63) is 30.5 Å². The summed E-state index contributed by atoms with van der Waals surface area (Å²) in [6.07, 6.45) is 1.81. The Morgan fingerprint density at radius 3 is 2.60 bits per heavy atom. The van der Waals surface area contributed by atoms with E-state index in [9.17, 15) is 4.79 Å². The first kappa shape index (κ1) is 9.77. The molecular weight excluding hydrogens is 188 g/mol. The number of hydrogen-bond donors (Lipinski definition) is 0. The molecule has 1 aromatic carbocycles. The summed E-state index contributed by atoms with van der Waals surface area (Å²) in [5, 5.41) is 1.09. The number of nitrogens with zero attached hydrogens (tertiary/aromatic N) is 2. The Kier molecular flexibility index (Phi) is 2.23. The van der Waals surface area contributed by atoms with Crippen LogP contribution in [0.3, 0.4) is 0 Å². The second-order valence-corrected chi connectivity index (χ2v) is 3.84. The highest BCUT2D eigenvalue weighted by atomic mass is 16.1. The van der Waals surface area contributed by atoms with Crippen molar-refractivity contribution in [2.75, 3.05) is 19.0 Å². The molecule has 2 aromatic rings. The van der Waals surface area contributed by atoms with E-state index < -0.39 is 0 Å². The molecule has 1 heterocycles. The molecule has 0 atom stereocenters. The molecule has 0 saturated carbocycles. The number of carbonyl (C=O) groups excluding carboxylic acids is 1. The highest BCUT2D eigenvalue weighted by Crippen LogP contribution is 2.21. The fraction of sp³-hybridized carbons (Fsp3) is 0.250. The molecule has 3 nitrogen and oxygen atoms in total. The Morgan fingerprint density at radius 2 is 2.00 bits per heavy atom. The molecule has 0 fully saturated rings. The van der Waals surface area contributed by atoms with Crippen LogP contribution in [0, 0.1) is 0 Å². The Labute approximate surface area is 88.9 Å². The van der Waals surface area contributed by atoms with Crippen molar-refractivity contribution in [3.8, 4) is 0 Å². The minimum absolute atomic E-state index is 0.0425.